The summed E-state index contributed by atoms with van der Waals surface area (Å²) >= 11 is 1.51. The summed E-state index contributed by atoms with van der Waals surface area (Å²) in [6.45, 7) is 3.29. The number of nitrogens with zero attached hydrogens (tertiary/aromatic N) is 1. The van der Waals surface area contributed by atoms with Crippen LogP contribution in [0.5, 0.6) is 0 Å². The van der Waals surface area contributed by atoms with E-state index in [9.17, 15) is 4.79 Å². The molecule has 0 aromatic carbocycles. The Kier molecular flexibility index (Phi) is 3.63. The fourth-order valence-electron chi connectivity index (χ4n) is 2.61. The summed E-state index contributed by atoms with van der Waals surface area (Å²) in [5.41, 5.74) is 8.10. The zero-order valence-corrected chi connectivity index (χ0v) is 13.0. The Labute approximate surface area is 123 Å². The predicted octanol–water partition coefficient (Wildman–Crippen LogP) is 3.23. The van der Waals surface area contributed by atoms with Gasteiger partial charge in [-0.05, 0) is 44.4 Å². The molecule has 0 amide bonds. The Hall–Kier alpha value is -1.23. The van der Waals surface area contributed by atoms with Crippen molar-refractivity contribution < 1.29 is 9.53 Å². The molecule has 3 rings (SSSR count). The van der Waals surface area contributed by atoms with Crippen LogP contribution in [0.2, 0.25) is 0 Å². The average molecular weight is 294 g/mol. The molecule has 4 nitrogen and oxygen atoms in total. The summed E-state index contributed by atoms with van der Waals surface area (Å²) in [6.07, 6.45) is 5.03. The topological polar surface area (TPSA) is 55.6 Å². The molecular formula is C15H22N2O2S. The van der Waals surface area contributed by atoms with Crippen molar-refractivity contribution in [1.29, 1.82) is 0 Å². The molecule has 20 heavy (non-hydrogen) atoms. The van der Waals surface area contributed by atoms with E-state index in [1.54, 1.807) is 0 Å². The van der Waals surface area contributed by atoms with Crippen LogP contribution in [0.25, 0.3) is 0 Å². The van der Waals surface area contributed by atoms with Gasteiger partial charge in [0.2, 0.25) is 0 Å². The second-order valence-corrected chi connectivity index (χ2v) is 6.88. The van der Waals surface area contributed by atoms with Crippen LogP contribution in [-0.4, -0.2) is 26.2 Å². The van der Waals surface area contributed by atoms with Crippen molar-refractivity contribution in [1.82, 2.24) is 0 Å². The summed E-state index contributed by atoms with van der Waals surface area (Å²) in [5, 5.41) is 1.18. The van der Waals surface area contributed by atoms with Gasteiger partial charge >= 0.3 is 5.97 Å². The van der Waals surface area contributed by atoms with Crippen molar-refractivity contribution in [3.05, 3.63) is 10.4 Å². The maximum absolute atomic E-state index is 12.0. The van der Waals surface area contributed by atoms with Gasteiger partial charge in [-0.1, -0.05) is 0 Å². The Morgan fingerprint density at radius 3 is 2.65 bits per heavy atom. The van der Waals surface area contributed by atoms with E-state index in [1.807, 2.05) is 6.92 Å². The number of anilines is 2. The number of esters is 1. The van der Waals surface area contributed by atoms with Gasteiger partial charge in [0.1, 0.15) is 4.88 Å². The van der Waals surface area contributed by atoms with Gasteiger partial charge in [-0.2, -0.15) is 0 Å². The van der Waals surface area contributed by atoms with Gasteiger partial charge in [0.25, 0.3) is 0 Å². The molecule has 0 spiro atoms. The van der Waals surface area contributed by atoms with Crippen molar-refractivity contribution >= 4 is 28.0 Å². The summed E-state index contributed by atoms with van der Waals surface area (Å²) in [5.74, 6) is 1.09. The number of nitrogen functional groups attached to an aromatic ring is 1. The average Bonchev–Trinajstić information content (AvgIpc) is 3.30. The number of hydrogen-bond donors (Lipinski definition) is 1. The number of ether oxygens (including phenoxy) is 1. The number of carbonyl (C=O) groups excluding carboxylic acids is 1. The van der Waals surface area contributed by atoms with E-state index < -0.39 is 0 Å². The lowest BCUT2D eigenvalue weighted by atomic mass is 10.1. The summed E-state index contributed by atoms with van der Waals surface area (Å²) < 4.78 is 5.12. The molecule has 2 aliphatic rings. The third-order valence-electron chi connectivity index (χ3n) is 3.99. The molecule has 2 aliphatic carbocycles. The summed E-state index contributed by atoms with van der Waals surface area (Å²) in [4.78, 5) is 14.9. The number of rotatable bonds is 6. The fraction of sp³-hybridized carbons (Fsp3) is 0.667. The Morgan fingerprint density at radius 2 is 2.10 bits per heavy atom. The highest BCUT2D eigenvalue weighted by atomic mass is 32.1. The maximum atomic E-state index is 12.0. The summed E-state index contributed by atoms with van der Waals surface area (Å²) in [6, 6.07) is 0. The van der Waals surface area contributed by atoms with Gasteiger partial charge in [-0.25, -0.2) is 4.79 Å². The number of hydrogen-bond acceptors (Lipinski definition) is 5. The van der Waals surface area contributed by atoms with Gasteiger partial charge in [0, 0.05) is 19.2 Å². The summed E-state index contributed by atoms with van der Waals surface area (Å²) in [7, 11) is 2.12. The normalized spacial score (nSPS) is 18.1. The highest BCUT2D eigenvalue weighted by Gasteiger charge is 2.35. The second kappa shape index (κ2) is 5.28. The molecule has 2 fully saturated rings. The molecule has 5 heteroatoms. The van der Waals surface area contributed by atoms with Gasteiger partial charge in [0.05, 0.1) is 17.3 Å². The molecule has 1 heterocycles. The quantitative estimate of drug-likeness (QED) is 0.818. The van der Waals surface area contributed by atoms with Crippen molar-refractivity contribution in [2.45, 2.75) is 38.5 Å². The van der Waals surface area contributed by atoms with Crippen LogP contribution in [0, 0.1) is 5.92 Å². The van der Waals surface area contributed by atoms with E-state index in [0.29, 0.717) is 23.1 Å². The first-order valence-corrected chi connectivity index (χ1v) is 8.23. The minimum atomic E-state index is -0.275. The molecule has 0 atom stereocenters. The molecule has 0 aliphatic heterocycles. The van der Waals surface area contributed by atoms with Gasteiger partial charge < -0.3 is 15.4 Å². The standard InChI is InChI=1S/C15H22N2O2S/c1-3-19-15(18)13-12(16)11(10-6-7-10)14(20-13)17(2)8-9-4-5-9/h9-10H,3-8,16H2,1-2H3. The molecule has 1 aromatic rings. The smallest absolute Gasteiger partial charge is 0.350 e. The molecule has 1 aromatic heterocycles. The third-order valence-corrected chi connectivity index (χ3v) is 5.30. The predicted molar refractivity (Wildman–Crippen MR) is 82.7 cm³/mol. The molecule has 2 saturated carbocycles. The zero-order valence-electron chi connectivity index (χ0n) is 12.1. The van der Waals surface area contributed by atoms with Crippen molar-refractivity contribution in [3.63, 3.8) is 0 Å². The lowest BCUT2D eigenvalue weighted by Crippen LogP contribution is -2.19. The Bertz CT molecular complexity index is 518. The van der Waals surface area contributed by atoms with Crippen LogP contribution in [0.1, 0.15) is 53.8 Å². The molecule has 0 bridgehead atoms. The van der Waals surface area contributed by atoms with E-state index in [2.05, 4.69) is 11.9 Å². The first-order valence-electron chi connectivity index (χ1n) is 7.42. The number of nitrogens with two attached hydrogens (primary N) is 1. The van der Waals surface area contributed by atoms with E-state index in [0.717, 1.165) is 12.5 Å². The number of thiophene rings is 1. The molecular weight excluding hydrogens is 272 g/mol. The lowest BCUT2D eigenvalue weighted by Gasteiger charge is -2.19. The van der Waals surface area contributed by atoms with Gasteiger partial charge in [0.15, 0.2) is 0 Å². The Balaban J connectivity index is 1.90. The highest BCUT2D eigenvalue weighted by molar-refractivity contribution is 7.18. The SMILES string of the molecule is CCOC(=O)c1sc(N(C)CC2CC2)c(C2CC2)c1N. The minimum Gasteiger partial charge on any atom is -0.462 e. The number of carbonyl (C=O) groups is 1. The van der Waals surface area contributed by atoms with Crippen molar-refractivity contribution in [2.75, 3.05) is 30.8 Å². The first kappa shape index (κ1) is 13.7. The molecule has 0 saturated heterocycles. The van der Waals surface area contributed by atoms with Crippen LogP contribution in [0.3, 0.4) is 0 Å². The van der Waals surface area contributed by atoms with Crippen LogP contribution in [0.4, 0.5) is 10.7 Å². The van der Waals surface area contributed by atoms with Crippen LogP contribution in [-0.2, 0) is 4.74 Å². The van der Waals surface area contributed by atoms with Crippen LogP contribution >= 0.6 is 11.3 Å². The van der Waals surface area contributed by atoms with Gasteiger partial charge in [-0.3, -0.25) is 0 Å². The van der Waals surface area contributed by atoms with Crippen LogP contribution < -0.4 is 10.6 Å². The van der Waals surface area contributed by atoms with Crippen molar-refractivity contribution in [2.24, 2.45) is 5.92 Å². The largest absolute Gasteiger partial charge is 0.462 e. The van der Waals surface area contributed by atoms with E-state index in [-0.39, 0.29) is 5.97 Å². The fourth-order valence-corrected chi connectivity index (χ4v) is 3.79. The Morgan fingerprint density at radius 1 is 1.40 bits per heavy atom. The minimum absolute atomic E-state index is 0.275. The van der Waals surface area contributed by atoms with E-state index >= 15 is 0 Å². The van der Waals surface area contributed by atoms with Gasteiger partial charge in [-0.15, -0.1) is 11.3 Å². The highest BCUT2D eigenvalue weighted by Crippen LogP contribution is 2.52. The lowest BCUT2D eigenvalue weighted by molar-refractivity contribution is 0.0533. The monoisotopic (exact) mass is 294 g/mol. The van der Waals surface area contributed by atoms with Crippen LogP contribution in [0.15, 0.2) is 0 Å². The van der Waals surface area contributed by atoms with E-state index in [4.69, 9.17) is 10.5 Å². The zero-order chi connectivity index (χ0) is 14.3. The first-order chi connectivity index (χ1) is 9.61. The molecule has 110 valence electrons. The van der Waals surface area contributed by atoms with Crippen molar-refractivity contribution in [3.8, 4) is 0 Å². The molecule has 2 N–H and O–H groups in total. The maximum Gasteiger partial charge on any atom is 0.350 e. The second-order valence-electron chi connectivity index (χ2n) is 5.88. The molecule has 0 radical (unpaired) electrons. The van der Waals surface area contributed by atoms with E-state index in [1.165, 1.54) is 47.6 Å². The third kappa shape index (κ3) is 2.64. The molecule has 0 unspecified atom stereocenters.